The van der Waals surface area contributed by atoms with E-state index in [9.17, 15) is 0 Å². The molecule has 2 aromatic carbocycles. The van der Waals surface area contributed by atoms with Crippen molar-refractivity contribution >= 4 is 15.9 Å². The molecule has 0 unspecified atom stereocenters. The van der Waals surface area contributed by atoms with Gasteiger partial charge in [0.1, 0.15) is 0 Å². The van der Waals surface area contributed by atoms with E-state index < -0.39 is 0 Å². The van der Waals surface area contributed by atoms with Gasteiger partial charge in [0, 0.05) is 9.89 Å². The summed E-state index contributed by atoms with van der Waals surface area (Å²) in [6.45, 7) is 2.58. The lowest BCUT2D eigenvalue weighted by atomic mass is 9.70. The molecular weight excluding hydrogens is 456 g/mol. The number of hydrogen-bond donors (Lipinski definition) is 2. The summed E-state index contributed by atoms with van der Waals surface area (Å²) in [7, 11) is 9.05. The van der Waals surface area contributed by atoms with Crippen LogP contribution < -0.4 is 9.80 Å². The van der Waals surface area contributed by atoms with Gasteiger partial charge in [0.15, 0.2) is 0 Å². The van der Waals surface area contributed by atoms with Gasteiger partial charge in [0.2, 0.25) is 0 Å². The van der Waals surface area contributed by atoms with Gasteiger partial charge in [0.25, 0.3) is 0 Å². The molecule has 3 rings (SSSR count). The van der Waals surface area contributed by atoms with Crippen LogP contribution in [-0.2, 0) is 5.41 Å². The van der Waals surface area contributed by atoms with Crippen molar-refractivity contribution in [3.63, 3.8) is 0 Å². The number of rotatable bonds is 14. The van der Waals surface area contributed by atoms with Gasteiger partial charge in [-0.3, -0.25) is 0 Å². The minimum absolute atomic E-state index is 0.190. The second-order valence-corrected chi connectivity index (χ2v) is 11.5. The topological polar surface area (TPSA) is 8.88 Å². The zero-order valence-electron chi connectivity index (χ0n) is 20.9. The van der Waals surface area contributed by atoms with Crippen molar-refractivity contribution in [1.29, 1.82) is 0 Å². The molecule has 0 saturated heterocycles. The molecule has 0 heterocycles. The first-order valence-electron chi connectivity index (χ1n) is 12.9. The first-order valence-corrected chi connectivity index (χ1v) is 13.7. The first-order chi connectivity index (χ1) is 15.4. The Bertz CT molecular complexity index is 823. The Hall–Kier alpha value is -1.16. The summed E-state index contributed by atoms with van der Waals surface area (Å²) in [6.07, 6.45) is 13.3. The minimum atomic E-state index is 0.190. The second kappa shape index (κ2) is 12.3. The van der Waals surface area contributed by atoms with Crippen LogP contribution in [0.4, 0.5) is 0 Å². The largest absolute Gasteiger partial charge is 0.340 e. The van der Waals surface area contributed by atoms with Gasteiger partial charge >= 0.3 is 0 Å². The number of unbranched alkanes of at least 4 members (excludes halogenated alkanes) is 6. The summed E-state index contributed by atoms with van der Waals surface area (Å²) in [5.41, 5.74) is 6.29. The number of halogens is 1. The Morgan fingerprint density at radius 3 is 1.75 bits per heavy atom. The van der Waals surface area contributed by atoms with E-state index in [2.05, 4.69) is 86.6 Å². The van der Waals surface area contributed by atoms with E-state index in [4.69, 9.17) is 0 Å². The zero-order valence-corrected chi connectivity index (χ0v) is 22.5. The Labute approximate surface area is 205 Å². The van der Waals surface area contributed by atoms with E-state index >= 15 is 0 Å². The molecule has 0 saturated carbocycles. The van der Waals surface area contributed by atoms with Crippen LogP contribution in [0.2, 0.25) is 0 Å². The van der Waals surface area contributed by atoms with Gasteiger partial charge in [-0.1, -0.05) is 71.9 Å². The average molecular weight is 502 g/mol. The van der Waals surface area contributed by atoms with Crippen LogP contribution in [0.1, 0.15) is 75.3 Å². The maximum Gasteiger partial charge on any atom is 0.0766 e. The van der Waals surface area contributed by atoms with Gasteiger partial charge in [-0.25, -0.2) is 0 Å². The van der Waals surface area contributed by atoms with Crippen LogP contribution >= 0.6 is 15.9 Å². The molecule has 2 aromatic rings. The van der Waals surface area contributed by atoms with Crippen LogP contribution in [0, 0.1) is 0 Å². The number of nitrogens with one attached hydrogen (secondary N) is 2. The van der Waals surface area contributed by atoms with Crippen molar-refractivity contribution in [3.8, 4) is 11.1 Å². The summed E-state index contributed by atoms with van der Waals surface area (Å²) < 4.78 is 1.22. The van der Waals surface area contributed by atoms with E-state index in [1.807, 2.05) is 0 Å². The van der Waals surface area contributed by atoms with Gasteiger partial charge < -0.3 is 9.80 Å². The highest BCUT2D eigenvalue weighted by Gasteiger charge is 2.42. The summed E-state index contributed by atoms with van der Waals surface area (Å²) >= 11 is 3.79. The van der Waals surface area contributed by atoms with E-state index in [0.29, 0.717) is 0 Å². The summed E-state index contributed by atoms with van der Waals surface area (Å²) in [5.74, 6) is 0. The highest BCUT2D eigenvalue weighted by Crippen LogP contribution is 2.54. The SMILES string of the molecule is C[NH+](C)CCCCCCC1(CCCCCC[NH+](C)C)c2ccccc2-c2ccc(Br)cc21. The number of quaternary nitrogens is 2. The molecule has 1 aliphatic carbocycles. The van der Waals surface area contributed by atoms with Crippen LogP contribution in [-0.4, -0.2) is 41.3 Å². The van der Waals surface area contributed by atoms with Gasteiger partial charge in [-0.15, -0.1) is 0 Å². The van der Waals surface area contributed by atoms with Crippen LogP contribution in [0.15, 0.2) is 46.9 Å². The lowest BCUT2D eigenvalue weighted by Crippen LogP contribution is -3.05. The smallest absolute Gasteiger partial charge is 0.0766 e. The molecule has 0 fully saturated rings. The van der Waals surface area contributed by atoms with Crippen molar-refractivity contribution < 1.29 is 9.80 Å². The Kier molecular flexibility index (Phi) is 9.82. The lowest BCUT2D eigenvalue weighted by Gasteiger charge is -2.33. The molecule has 2 nitrogen and oxygen atoms in total. The predicted molar refractivity (Wildman–Crippen MR) is 142 cm³/mol. The Balaban J connectivity index is 1.75. The van der Waals surface area contributed by atoms with Crippen molar-refractivity contribution in [2.45, 2.75) is 69.6 Å². The Morgan fingerprint density at radius 1 is 0.625 bits per heavy atom. The normalized spacial score (nSPS) is 14.2. The number of fused-ring (bicyclic) bond motifs is 3. The maximum absolute atomic E-state index is 3.79. The molecule has 1 aliphatic rings. The fraction of sp³-hybridized carbons (Fsp3) is 0.586. The molecule has 0 amide bonds. The third-order valence-corrected chi connectivity index (χ3v) is 7.78. The summed E-state index contributed by atoms with van der Waals surface area (Å²) in [6, 6.07) is 16.2. The van der Waals surface area contributed by atoms with Gasteiger partial charge in [0.05, 0.1) is 41.3 Å². The number of hydrogen-bond acceptors (Lipinski definition) is 0. The van der Waals surface area contributed by atoms with Gasteiger partial charge in [-0.05, 0) is 72.9 Å². The fourth-order valence-electron chi connectivity index (χ4n) is 5.61. The van der Waals surface area contributed by atoms with Crippen molar-refractivity contribution in [2.75, 3.05) is 41.3 Å². The molecule has 3 heteroatoms. The van der Waals surface area contributed by atoms with Crippen molar-refractivity contribution in [1.82, 2.24) is 0 Å². The molecule has 2 N–H and O–H groups in total. The maximum atomic E-state index is 3.79. The van der Waals surface area contributed by atoms with E-state index in [-0.39, 0.29) is 5.41 Å². The molecular formula is C29H45BrN2+2. The third kappa shape index (κ3) is 6.46. The van der Waals surface area contributed by atoms with Crippen LogP contribution in [0.3, 0.4) is 0 Å². The quantitative estimate of drug-likeness (QED) is 0.341. The molecule has 0 aromatic heterocycles. The molecule has 0 spiro atoms. The Morgan fingerprint density at radius 2 is 1.16 bits per heavy atom. The van der Waals surface area contributed by atoms with Crippen LogP contribution in [0.25, 0.3) is 11.1 Å². The standard InChI is InChI=1S/C29H43BrN2/c1-31(2)21-13-7-5-11-19-29(20-12-6-8-14-22-32(3)4)27-16-10-9-15-25(27)26-18-17-24(30)23-28(26)29/h9-10,15-18,23H,5-8,11-14,19-22H2,1-4H3/p+2. The highest BCUT2D eigenvalue weighted by molar-refractivity contribution is 9.10. The minimum Gasteiger partial charge on any atom is -0.340 e. The lowest BCUT2D eigenvalue weighted by molar-refractivity contribution is -0.858. The highest BCUT2D eigenvalue weighted by atomic mass is 79.9. The van der Waals surface area contributed by atoms with Crippen LogP contribution in [0.5, 0.6) is 0 Å². The van der Waals surface area contributed by atoms with E-state index in [1.165, 1.54) is 92.9 Å². The summed E-state index contributed by atoms with van der Waals surface area (Å²) in [5, 5.41) is 0. The first kappa shape index (κ1) is 25.5. The second-order valence-electron chi connectivity index (χ2n) is 10.6. The van der Waals surface area contributed by atoms with Crippen molar-refractivity contribution in [3.05, 3.63) is 58.1 Å². The van der Waals surface area contributed by atoms with Crippen molar-refractivity contribution in [2.24, 2.45) is 0 Å². The third-order valence-electron chi connectivity index (χ3n) is 7.29. The zero-order chi connectivity index (χ0) is 23.0. The molecule has 0 radical (unpaired) electrons. The fourth-order valence-corrected chi connectivity index (χ4v) is 5.97. The molecule has 0 atom stereocenters. The summed E-state index contributed by atoms with van der Waals surface area (Å²) in [4.78, 5) is 3.14. The average Bonchev–Trinajstić information content (AvgIpc) is 3.02. The monoisotopic (exact) mass is 500 g/mol. The predicted octanol–water partition coefficient (Wildman–Crippen LogP) is 4.91. The van der Waals surface area contributed by atoms with Gasteiger partial charge in [-0.2, -0.15) is 0 Å². The molecule has 176 valence electrons. The number of benzene rings is 2. The van der Waals surface area contributed by atoms with E-state index in [0.717, 1.165) is 0 Å². The molecule has 0 aliphatic heterocycles. The molecule has 32 heavy (non-hydrogen) atoms. The van der Waals surface area contributed by atoms with E-state index in [1.54, 1.807) is 20.9 Å². The molecule has 0 bridgehead atoms.